The van der Waals surface area contributed by atoms with Crippen molar-refractivity contribution in [3.63, 3.8) is 0 Å². The Balaban J connectivity index is 2.56. The number of aromatic hydroxyl groups is 1. The highest BCUT2D eigenvalue weighted by Gasteiger charge is 2.40. The highest BCUT2D eigenvalue weighted by molar-refractivity contribution is 6.02. The van der Waals surface area contributed by atoms with Gasteiger partial charge in [0.05, 0.1) is 5.69 Å². The Hall–Kier alpha value is -1.71. The van der Waals surface area contributed by atoms with Crippen LogP contribution in [0.25, 0.3) is 0 Å². The van der Waals surface area contributed by atoms with Gasteiger partial charge < -0.3 is 14.7 Å². The minimum absolute atomic E-state index is 0.0897. The van der Waals surface area contributed by atoms with Crippen molar-refractivity contribution in [1.29, 1.82) is 0 Å². The smallest absolute Gasteiger partial charge is 0.270 e. The molecule has 0 fully saturated rings. The number of nitrogens with zero attached hydrogens (tertiary/aromatic N) is 1. The molecule has 0 atom stereocenters. The molecule has 4 nitrogen and oxygen atoms in total. The summed E-state index contributed by atoms with van der Waals surface area (Å²) in [5.74, 6) is 0.672. The Bertz CT molecular complexity index is 440. The molecule has 86 valence electrons. The number of rotatable bonds is 1. The molecule has 0 saturated carbocycles. The molecule has 1 aromatic carbocycles. The van der Waals surface area contributed by atoms with Crippen molar-refractivity contribution in [1.82, 2.24) is 0 Å². The molecule has 0 aliphatic carbocycles. The zero-order valence-electron chi connectivity index (χ0n) is 9.65. The second-order valence-corrected chi connectivity index (χ2v) is 4.31. The van der Waals surface area contributed by atoms with E-state index in [2.05, 4.69) is 0 Å². The predicted octanol–water partition coefficient (Wildman–Crippen LogP) is 1.92. The van der Waals surface area contributed by atoms with Crippen LogP contribution in [-0.2, 0) is 4.79 Å². The van der Waals surface area contributed by atoms with Crippen LogP contribution in [0.4, 0.5) is 5.69 Å². The number of hydrogen-bond acceptors (Lipinski definition) is 3. The van der Waals surface area contributed by atoms with Crippen molar-refractivity contribution in [3.05, 3.63) is 18.2 Å². The number of hydrogen-bond donors (Lipinski definition) is 1. The fraction of sp³-hybridized carbons (Fsp3) is 0.417. The highest BCUT2D eigenvalue weighted by atomic mass is 16.5. The monoisotopic (exact) mass is 221 g/mol. The number of carbonyl (C=O) groups is 1. The normalized spacial score (nSPS) is 17.9. The molecule has 0 spiro atoms. The topological polar surface area (TPSA) is 49.8 Å². The van der Waals surface area contributed by atoms with Gasteiger partial charge in [-0.05, 0) is 32.9 Å². The Labute approximate surface area is 94.4 Å². The zero-order valence-corrected chi connectivity index (χ0v) is 9.65. The van der Waals surface area contributed by atoms with E-state index >= 15 is 0 Å². The maximum Gasteiger partial charge on any atom is 0.270 e. The van der Waals surface area contributed by atoms with E-state index in [-0.39, 0.29) is 11.7 Å². The molecular weight excluding hydrogens is 206 g/mol. The fourth-order valence-electron chi connectivity index (χ4n) is 1.87. The van der Waals surface area contributed by atoms with Gasteiger partial charge in [0.1, 0.15) is 11.5 Å². The van der Waals surface area contributed by atoms with Gasteiger partial charge >= 0.3 is 0 Å². The number of anilines is 1. The van der Waals surface area contributed by atoms with Crippen LogP contribution in [-0.4, -0.2) is 23.2 Å². The SMILES string of the molecule is CCN1C(=O)C(C)(C)Oc2ccc(O)cc21. The Morgan fingerprint density at radius 2 is 2.12 bits per heavy atom. The van der Waals surface area contributed by atoms with Gasteiger partial charge in [-0.2, -0.15) is 0 Å². The average Bonchev–Trinajstić information content (AvgIpc) is 2.21. The molecule has 0 bridgehead atoms. The third-order valence-corrected chi connectivity index (χ3v) is 2.67. The second-order valence-electron chi connectivity index (χ2n) is 4.31. The van der Waals surface area contributed by atoms with E-state index in [0.29, 0.717) is 18.0 Å². The standard InChI is InChI=1S/C12H15NO3/c1-4-13-9-7-8(14)5-6-10(9)16-12(2,3)11(13)15/h5-7,14H,4H2,1-3H3. The van der Waals surface area contributed by atoms with Gasteiger partial charge in [-0.25, -0.2) is 0 Å². The summed E-state index contributed by atoms with van der Waals surface area (Å²) < 4.78 is 5.62. The molecule has 0 radical (unpaired) electrons. The molecule has 1 aliphatic heterocycles. The summed E-state index contributed by atoms with van der Waals surface area (Å²) in [6.07, 6.45) is 0. The first kappa shape index (κ1) is 10.8. The number of benzene rings is 1. The van der Waals surface area contributed by atoms with Crippen LogP contribution in [0.5, 0.6) is 11.5 Å². The average molecular weight is 221 g/mol. The Morgan fingerprint density at radius 1 is 1.44 bits per heavy atom. The third kappa shape index (κ3) is 1.50. The van der Waals surface area contributed by atoms with E-state index in [4.69, 9.17) is 4.74 Å². The minimum atomic E-state index is -0.847. The molecule has 0 aromatic heterocycles. The minimum Gasteiger partial charge on any atom is -0.508 e. The zero-order chi connectivity index (χ0) is 11.9. The molecule has 16 heavy (non-hydrogen) atoms. The second kappa shape index (κ2) is 3.40. The van der Waals surface area contributed by atoms with Crippen LogP contribution in [0.2, 0.25) is 0 Å². The van der Waals surface area contributed by atoms with E-state index in [9.17, 15) is 9.90 Å². The Morgan fingerprint density at radius 3 is 2.75 bits per heavy atom. The van der Waals surface area contributed by atoms with Gasteiger partial charge in [0.15, 0.2) is 5.60 Å². The number of phenolic OH excluding ortho intramolecular Hbond substituents is 1. The summed E-state index contributed by atoms with van der Waals surface area (Å²) in [5, 5.41) is 9.42. The van der Waals surface area contributed by atoms with Crippen molar-refractivity contribution in [3.8, 4) is 11.5 Å². The van der Waals surface area contributed by atoms with Crippen LogP contribution in [0.15, 0.2) is 18.2 Å². The summed E-state index contributed by atoms with van der Waals surface area (Å²) in [5.41, 5.74) is -0.216. The first-order valence-electron chi connectivity index (χ1n) is 5.29. The number of likely N-dealkylation sites (N-methyl/N-ethyl adjacent to an activating group) is 1. The van der Waals surface area contributed by atoms with Crippen molar-refractivity contribution < 1.29 is 14.6 Å². The lowest BCUT2D eigenvalue weighted by molar-refractivity contribution is -0.132. The molecule has 2 rings (SSSR count). The van der Waals surface area contributed by atoms with Gasteiger partial charge in [0, 0.05) is 12.6 Å². The summed E-state index contributed by atoms with van der Waals surface area (Å²) in [7, 11) is 0. The van der Waals surface area contributed by atoms with Crippen LogP contribution >= 0.6 is 0 Å². The van der Waals surface area contributed by atoms with Crippen LogP contribution < -0.4 is 9.64 Å². The molecule has 0 saturated heterocycles. The first-order valence-corrected chi connectivity index (χ1v) is 5.29. The molecular formula is C12H15NO3. The molecule has 1 amide bonds. The van der Waals surface area contributed by atoms with E-state index in [1.807, 2.05) is 6.92 Å². The molecule has 1 N–H and O–H groups in total. The lowest BCUT2D eigenvalue weighted by atomic mass is 10.0. The number of amides is 1. The van der Waals surface area contributed by atoms with E-state index in [1.165, 1.54) is 0 Å². The predicted molar refractivity (Wildman–Crippen MR) is 60.8 cm³/mol. The van der Waals surface area contributed by atoms with Gasteiger partial charge in [-0.15, -0.1) is 0 Å². The van der Waals surface area contributed by atoms with Crippen molar-refractivity contribution in [2.75, 3.05) is 11.4 Å². The van der Waals surface area contributed by atoms with Gasteiger partial charge in [-0.3, -0.25) is 4.79 Å². The van der Waals surface area contributed by atoms with Crippen LogP contribution in [0.1, 0.15) is 20.8 Å². The van der Waals surface area contributed by atoms with Gasteiger partial charge in [0.2, 0.25) is 0 Å². The molecule has 1 aromatic rings. The summed E-state index contributed by atoms with van der Waals surface area (Å²) in [6, 6.07) is 4.78. The number of carbonyl (C=O) groups excluding carboxylic acids is 1. The molecule has 4 heteroatoms. The third-order valence-electron chi connectivity index (χ3n) is 2.67. The summed E-state index contributed by atoms with van der Waals surface area (Å²) in [4.78, 5) is 13.7. The highest BCUT2D eigenvalue weighted by Crippen LogP contribution is 2.39. The first-order chi connectivity index (χ1) is 7.45. The van der Waals surface area contributed by atoms with Crippen molar-refractivity contribution in [2.45, 2.75) is 26.4 Å². The van der Waals surface area contributed by atoms with E-state index < -0.39 is 5.60 Å². The summed E-state index contributed by atoms with van der Waals surface area (Å²) in [6.45, 7) is 5.94. The quantitative estimate of drug-likeness (QED) is 0.788. The van der Waals surface area contributed by atoms with Gasteiger partial charge in [0.25, 0.3) is 5.91 Å². The van der Waals surface area contributed by atoms with Gasteiger partial charge in [-0.1, -0.05) is 0 Å². The maximum atomic E-state index is 12.1. The lowest BCUT2D eigenvalue weighted by Crippen LogP contribution is -2.52. The van der Waals surface area contributed by atoms with Crippen molar-refractivity contribution >= 4 is 11.6 Å². The Kier molecular flexibility index (Phi) is 2.30. The van der Waals surface area contributed by atoms with Crippen molar-refractivity contribution in [2.24, 2.45) is 0 Å². The lowest BCUT2D eigenvalue weighted by Gasteiger charge is -2.38. The summed E-state index contributed by atoms with van der Waals surface area (Å²) >= 11 is 0. The molecule has 0 unspecified atom stereocenters. The number of ether oxygens (including phenoxy) is 1. The fourth-order valence-corrected chi connectivity index (χ4v) is 1.87. The van der Waals surface area contributed by atoms with E-state index in [1.54, 1.807) is 36.9 Å². The molecule has 1 aliphatic rings. The maximum absolute atomic E-state index is 12.1. The van der Waals surface area contributed by atoms with E-state index in [0.717, 1.165) is 0 Å². The van der Waals surface area contributed by atoms with Crippen LogP contribution in [0, 0.1) is 0 Å². The largest absolute Gasteiger partial charge is 0.508 e. The molecule has 1 heterocycles. The van der Waals surface area contributed by atoms with Crippen LogP contribution in [0.3, 0.4) is 0 Å². The number of fused-ring (bicyclic) bond motifs is 1. The number of phenols is 1.